The van der Waals surface area contributed by atoms with Gasteiger partial charge in [0, 0.05) is 36.8 Å². The monoisotopic (exact) mass is 304 g/mol. The quantitative estimate of drug-likeness (QED) is 0.869. The van der Waals surface area contributed by atoms with Gasteiger partial charge in [-0.2, -0.15) is 4.98 Å². The van der Waals surface area contributed by atoms with Gasteiger partial charge in [0.05, 0.1) is 6.54 Å². The summed E-state index contributed by atoms with van der Waals surface area (Å²) in [6.45, 7) is 3.94. The van der Waals surface area contributed by atoms with Crippen LogP contribution in [0, 0.1) is 5.92 Å². The van der Waals surface area contributed by atoms with Crippen LogP contribution < -0.4 is 0 Å². The van der Waals surface area contributed by atoms with Crippen LogP contribution in [0.15, 0.2) is 29.0 Å². The largest absolute Gasteiger partial charge is 0.339 e. The number of alkyl halides is 1. The van der Waals surface area contributed by atoms with Crippen molar-refractivity contribution in [2.45, 2.75) is 25.9 Å². The molecule has 1 saturated heterocycles. The zero-order valence-electron chi connectivity index (χ0n) is 12.5. The Labute approximate surface area is 127 Å². The van der Waals surface area contributed by atoms with Gasteiger partial charge < -0.3 is 9.42 Å². The molecule has 7 heteroatoms. The fourth-order valence-corrected chi connectivity index (χ4v) is 2.53. The molecule has 1 unspecified atom stereocenters. The summed E-state index contributed by atoms with van der Waals surface area (Å²) >= 11 is 0. The van der Waals surface area contributed by atoms with E-state index >= 15 is 4.39 Å². The standard InChI is InChI=1S/C15H17FN4O2/c1-10(2)13(21)20-8-5-15(16,9-20)14-18-12(22-19-14)11-3-6-17-7-4-11/h3-4,6-7,10H,5,8-9H2,1-2H3. The highest BCUT2D eigenvalue weighted by molar-refractivity contribution is 5.78. The summed E-state index contributed by atoms with van der Waals surface area (Å²) < 4.78 is 20.2. The Bertz CT molecular complexity index is 673. The molecule has 6 nitrogen and oxygen atoms in total. The molecular formula is C15H17FN4O2. The molecule has 2 aromatic rings. The van der Waals surface area contributed by atoms with Crippen molar-refractivity contribution in [1.29, 1.82) is 0 Å². The average molecular weight is 304 g/mol. The van der Waals surface area contributed by atoms with E-state index in [0.717, 1.165) is 0 Å². The first-order chi connectivity index (χ1) is 10.5. The van der Waals surface area contributed by atoms with E-state index in [1.807, 2.05) is 0 Å². The third kappa shape index (κ3) is 2.58. The Kier molecular flexibility index (Phi) is 3.64. The lowest BCUT2D eigenvalue weighted by Gasteiger charge is -2.19. The lowest BCUT2D eigenvalue weighted by molar-refractivity contribution is -0.134. The molecule has 1 aliphatic heterocycles. The number of carbonyl (C=O) groups excluding carboxylic acids is 1. The van der Waals surface area contributed by atoms with Crippen LogP contribution in [-0.4, -0.2) is 39.0 Å². The van der Waals surface area contributed by atoms with Gasteiger partial charge in [-0.25, -0.2) is 4.39 Å². The molecule has 1 fully saturated rings. The maximum atomic E-state index is 15.1. The van der Waals surface area contributed by atoms with E-state index in [1.165, 1.54) is 4.90 Å². The number of amides is 1. The van der Waals surface area contributed by atoms with E-state index in [-0.39, 0.29) is 36.5 Å². The van der Waals surface area contributed by atoms with Crippen molar-refractivity contribution in [3.8, 4) is 11.5 Å². The summed E-state index contributed by atoms with van der Waals surface area (Å²) in [6, 6.07) is 3.43. The van der Waals surface area contributed by atoms with E-state index in [1.54, 1.807) is 38.4 Å². The van der Waals surface area contributed by atoms with Crippen LogP contribution in [0.5, 0.6) is 0 Å². The van der Waals surface area contributed by atoms with Crippen LogP contribution in [0.4, 0.5) is 4.39 Å². The van der Waals surface area contributed by atoms with E-state index in [0.29, 0.717) is 12.1 Å². The number of aromatic nitrogens is 3. The molecule has 1 amide bonds. The summed E-state index contributed by atoms with van der Waals surface area (Å²) in [5.74, 6) is 0.0406. The maximum absolute atomic E-state index is 15.1. The molecule has 0 bridgehead atoms. The summed E-state index contributed by atoms with van der Waals surface area (Å²) in [6.07, 6.45) is 3.38. The van der Waals surface area contributed by atoms with Gasteiger partial charge in [-0.15, -0.1) is 0 Å². The maximum Gasteiger partial charge on any atom is 0.258 e. The van der Waals surface area contributed by atoms with Gasteiger partial charge >= 0.3 is 0 Å². The lowest BCUT2D eigenvalue weighted by atomic mass is 10.1. The molecule has 1 aliphatic rings. The lowest BCUT2D eigenvalue weighted by Crippen LogP contribution is -2.35. The van der Waals surface area contributed by atoms with Crippen LogP contribution >= 0.6 is 0 Å². The molecular weight excluding hydrogens is 287 g/mol. The van der Waals surface area contributed by atoms with Gasteiger partial charge in [0.15, 0.2) is 5.67 Å². The normalized spacial score (nSPS) is 21.5. The highest BCUT2D eigenvalue weighted by atomic mass is 19.1. The number of rotatable bonds is 3. The summed E-state index contributed by atoms with van der Waals surface area (Å²) in [4.78, 5) is 21.6. The Hall–Kier alpha value is -2.31. The predicted octanol–water partition coefficient (Wildman–Crippen LogP) is 2.18. The van der Waals surface area contributed by atoms with Crippen LogP contribution in [0.3, 0.4) is 0 Å². The van der Waals surface area contributed by atoms with Gasteiger partial charge in [0.25, 0.3) is 5.89 Å². The molecule has 0 aliphatic carbocycles. The Morgan fingerprint density at radius 3 is 2.82 bits per heavy atom. The number of pyridine rings is 1. The van der Waals surface area contributed by atoms with Crippen LogP contribution in [-0.2, 0) is 10.5 Å². The first-order valence-electron chi connectivity index (χ1n) is 7.22. The Morgan fingerprint density at radius 2 is 2.14 bits per heavy atom. The van der Waals surface area contributed by atoms with Crippen molar-refractivity contribution < 1.29 is 13.7 Å². The number of nitrogens with zero attached hydrogens (tertiary/aromatic N) is 4. The SMILES string of the molecule is CC(C)C(=O)N1CCC(F)(c2noc(-c3ccncc3)n2)C1. The fraction of sp³-hybridized carbons (Fsp3) is 0.467. The van der Waals surface area contributed by atoms with Gasteiger partial charge in [-0.05, 0) is 12.1 Å². The van der Waals surface area contributed by atoms with Crippen molar-refractivity contribution in [3.05, 3.63) is 30.4 Å². The second kappa shape index (κ2) is 5.47. The van der Waals surface area contributed by atoms with E-state index in [9.17, 15) is 4.79 Å². The van der Waals surface area contributed by atoms with Gasteiger partial charge in [-0.1, -0.05) is 19.0 Å². The molecule has 1 atom stereocenters. The third-order valence-electron chi connectivity index (χ3n) is 3.78. The third-order valence-corrected chi connectivity index (χ3v) is 3.78. The van der Waals surface area contributed by atoms with Crippen molar-refractivity contribution >= 4 is 5.91 Å². The molecule has 2 aromatic heterocycles. The molecule has 22 heavy (non-hydrogen) atoms. The zero-order valence-corrected chi connectivity index (χ0v) is 12.5. The first-order valence-corrected chi connectivity index (χ1v) is 7.22. The molecule has 0 N–H and O–H groups in total. The van der Waals surface area contributed by atoms with Crippen LogP contribution in [0.2, 0.25) is 0 Å². The van der Waals surface area contributed by atoms with Crippen molar-refractivity contribution in [3.63, 3.8) is 0 Å². The molecule has 0 radical (unpaired) electrons. The number of likely N-dealkylation sites (tertiary alicyclic amines) is 1. The predicted molar refractivity (Wildman–Crippen MR) is 76.4 cm³/mol. The molecule has 0 saturated carbocycles. The molecule has 0 spiro atoms. The fourth-order valence-electron chi connectivity index (χ4n) is 2.53. The second-order valence-electron chi connectivity index (χ2n) is 5.79. The van der Waals surface area contributed by atoms with Crippen molar-refractivity contribution in [1.82, 2.24) is 20.0 Å². The molecule has 3 heterocycles. The van der Waals surface area contributed by atoms with Crippen molar-refractivity contribution in [2.24, 2.45) is 5.92 Å². The number of carbonyl (C=O) groups is 1. The van der Waals surface area contributed by atoms with Gasteiger partial charge in [-0.3, -0.25) is 9.78 Å². The summed E-state index contributed by atoms with van der Waals surface area (Å²) in [5, 5.41) is 3.77. The molecule has 3 rings (SSSR count). The van der Waals surface area contributed by atoms with Crippen LogP contribution in [0.25, 0.3) is 11.5 Å². The number of halogens is 1. The van der Waals surface area contributed by atoms with E-state index in [4.69, 9.17) is 4.52 Å². The minimum absolute atomic E-state index is 0.00151. The second-order valence-corrected chi connectivity index (χ2v) is 5.79. The summed E-state index contributed by atoms with van der Waals surface area (Å²) in [5.41, 5.74) is -1.07. The first kappa shape index (κ1) is 14.6. The van der Waals surface area contributed by atoms with Gasteiger partial charge in [0.1, 0.15) is 0 Å². The average Bonchev–Trinajstić information content (AvgIpc) is 3.15. The smallest absolute Gasteiger partial charge is 0.258 e. The number of hydrogen-bond donors (Lipinski definition) is 0. The van der Waals surface area contributed by atoms with E-state index in [2.05, 4.69) is 15.1 Å². The Morgan fingerprint density at radius 1 is 1.41 bits per heavy atom. The zero-order chi connectivity index (χ0) is 15.7. The molecule has 0 aromatic carbocycles. The number of hydrogen-bond acceptors (Lipinski definition) is 5. The highest BCUT2D eigenvalue weighted by Crippen LogP contribution is 2.35. The minimum atomic E-state index is -1.75. The molecule has 116 valence electrons. The Balaban J connectivity index is 1.80. The van der Waals surface area contributed by atoms with Crippen molar-refractivity contribution in [2.75, 3.05) is 13.1 Å². The minimum Gasteiger partial charge on any atom is -0.339 e. The summed E-state index contributed by atoms with van der Waals surface area (Å²) in [7, 11) is 0. The van der Waals surface area contributed by atoms with Crippen LogP contribution in [0.1, 0.15) is 26.1 Å². The highest BCUT2D eigenvalue weighted by Gasteiger charge is 2.45. The topological polar surface area (TPSA) is 72.1 Å². The van der Waals surface area contributed by atoms with E-state index < -0.39 is 5.67 Å². The van der Waals surface area contributed by atoms with Gasteiger partial charge in [0.2, 0.25) is 11.7 Å².